The predicted octanol–water partition coefficient (Wildman–Crippen LogP) is 3.54. The van der Waals surface area contributed by atoms with E-state index in [9.17, 15) is 4.79 Å². The molecule has 1 saturated carbocycles. The van der Waals surface area contributed by atoms with Crippen LogP contribution >= 0.6 is 0 Å². The second-order valence-electron chi connectivity index (χ2n) is 6.23. The van der Waals surface area contributed by atoms with Gasteiger partial charge in [-0.25, -0.2) is 9.97 Å². The van der Waals surface area contributed by atoms with Crippen LogP contribution in [0.1, 0.15) is 54.6 Å². The smallest absolute Gasteiger partial charge is 0.271 e. The summed E-state index contributed by atoms with van der Waals surface area (Å²) in [5.74, 6) is 0.317. The van der Waals surface area contributed by atoms with Crippen molar-refractivity contribution in [3.63, 3.8) is 0 Å². The fourth-order valence-electron chi connectivity index (χ4n) is 3.02. The van der Waals surface area contributed by atoms with Crippen LogP contribution in [0.5, 0.6) is 0 Å². The maximum absolute atomic E-state index is 12.3. The van der Waals surface area contributed by atoms with E-state index in [4.69, 9.17) is 5.26 Å². The van der Waals surface area contributed by atoms with E-state index < -0.39 is 0 Å². The topological polar surface area (TPSA) is 90.7 Å². The molecular weight excluding hydrogens is 314 g/mol. The Morgan fingerprint density at radius 1 is 1.08 bits per heavy atom. The van der Waals surface area contributed by atoms with Gasteiger partial charge in [0.2, 0.25) is 0 Å². The number of rotatable bonds is 4. The summed E-state index contributed by atoms with van der Waals surface area (Å²) < 4.78 is 0. The third kappa shape index (κ3) is 4.54. The highest BCUT2D eigenvalue weighted by Crippen LogP contribution is 2.19. The van der Waals surface area contributed by atoms with E-state index in [0.29, 0.717) is 22.8 Å². The van der Waals surface area contributed by atoms with Crippen molar-refractivity contribution in [3.8, 4) is 6.07 Å². The Morgan fingerprint density at radius 3 is 2.52 bits per heavy atom. The Hall–Kier alpha value is -2.94. The van der Waals surface area contributed by atoms with E-state index in [0.717, 1.165) is 25.7 Å². The zero-order chi connectivity index (χ0) is 17.5. The summed E-state index contributed by atoms with van der Waals surface area (Å²) in [5.41, 5.74) is 1.50. The van der Waals surface area contributed by atoms with Crippen LogP contribution in [0, 0.1) is 11.3 Å². The molecule has 1 aliphatic carbocycles. The molecule has 6 nitrogen and oxygen atoms in total. The van der Waals surface area contributed by atoms with Gasteiger partial charge in [-0.3, -0.25) is 4.79 Å². The highest BCUT2D eigenvalue weighted by Gasteiger charge is 2.16. The molecule has 0 bridgehead atoms. The fraction of sp³-hybridized carbons (Fsp3) is 0.368. The number of anilines is 2. The first kappa shape index (κ1) is 16.9. The summed E-state index contributed by atoms with van der Waals surface area (Å²) in [6.07, 6.45) is 9.86. The van der Waals surface area contributed by atoms with Crippen LogP contribution in [-0.2, 0) is 0 Å². The molecule has 0 spiro atoms. The Kier molecular flexibility index (Phi) is 5.57. The highest BCUT2D eigenvalue weighted by atomic mass is 16.1. The molecule has 0 atom stereocenters. The number of nitrogens with one attached hydrogen (secondary N) is 2. The maximum atomic E-state index is 12.3. The Bertz CT molecular complexity index is 758. The van der Waals surface area contributed by atoms with E-state index in [1.165, 1.54) is 25.2 Å². The van der Waals surface area contributed by atoms with E-state index in [-0.39, 0.29) is 11.9 Å². The summed E-state index contributed by atoms with van der Waals surface area (Å²) >= 11 is 0. The lowest BCUT2D eigenvalue weighted by molar-refractivity contribution is 0.0928. The van der Waals surface area contributed by atoms with E-state index in [1.54, 1.807) is 18.2 Å². The Morgan fingerprint density at radius 2 is 1.84 bits per heavy atom. The molecule has 1 aromatic carbocycles. The lowest BCUT2D eigenvalue weighted by atomic mass is 10.1. The first-order valence-electron chi connectivity index (χ1n) is 8.65. The summed E-state index contributed by atoms with van der Waals surface area (Å²) in [6, 6.07) is 9.52. The number of carbonyl (C=O) groups excluding carboxylic acids is 1. The van der Waals surface area contributed by atoms with Crippen molar-refractivity contribution in [2.24, 2.45) is 0 Å². The average Bonchev–Trinajstić information content (AvgIpc) is 2.91. The van der Waals surface area contributed by atoms with Crippen molar-refractivity contribution in [2.75, 3.05) is 5.32 Å². The molecule has 0 radical (unpaired) electrons. The molecule has 0 unspecified atom stereocenters. The van der Waals surface area contributed by atoms with Crippen molar-refractivity contribution < 1.29 is 4.79 Å². The SMILES string of the molecule is N#Cc1ccccc1Nc1cnc(C(=O)NC2CCCCCC2)cn1. The monoisotopic (exact) mass is 335 g/mol. The molecule has 6 heteroatoms. The van der Waals surface area contributed by atoms with E-state index in [1.807, 2.05) is 6.07 Å². The lowest BCUT2D eigenvalue weighted by Gasteiger charge is -2.15. The van der Waals surface area contributed by atoms with Gasteiger partial charge in [0.05, 0.1) is 23.6 Å². The minimum absolute atomic E-state index is 0.177. The third-order valence-corrected chi connectivity index (χ3v) is 4.39. The molecule has 0 aliphatic heterocycles. The highest BCUT2D eigenvalue weighted by molar-refractivity contribution is 5.92. The van der Waals surface area contributed by atoms with E-state index >= 15 is 0 Å². The van der Waals surface area contributed by atoms with Gasteiger partial charge in [0.15, 0.2) is 0 Å². The van der Waals surface area contributed by atoms with E-state index in [2.05, 4.69) is 26.7 Å². The van der Waals surface area contributed by atoms with Gasteiger partial charge in [-0.2, -0.15) is 5.26 Å². The van der Waals surface area contributed by atoms with Crippen LogP contribution in [0.2, 0.25) is 0 Å². The van der Waals surface area contributed by atoms with Crippen LogP contribution in [0.4, 0.5) is 11.5 Å². The summed E-state index contributed by atoms with van der Waals surface area (Å²) in [4.78, 5) is 20.8. The number of amides is 1. The van der Waals surface area contributed by atoms with Crippen molar-refractivity contribution >= 4 is 17.4 Å². The Balaban J connectivity index is 1.63. The van der Waals surface area contributed by atoms with Crippen LogP contribution in [0.15, 0.2) is 36.7 Å². The van der Waals surface area contributed by atoms with Crippen molar-refractivity contribution in [2.45, 2.75) is 44.6 Å². The number of carbonyl (C=O) groups is 1. The largest absolute Gasteiger partial charge is 0.348 e. The molecule has 0 saturated heterocycles. The zero-order valence-electron chi connectivity index (χ0n) is 14.0. The normalized spacial score (nSPS) is 15.0. The maximum Gasteiger partial charge on any atom is 0.271 e. The number of aromatic nitrogens is 2. The quantitative estimate of drug-likeness (QED) is 0.834. The molecule has 1 aliphatic rings. The number of nitriles is 1. The lowest BCUT2D eigenvalue weighted by Crippen LogP contribution is -2.34. The van der Waals surface area contributed by atoms with Gasteiger partial charge in [0, 0.05) is 6.04 Å². The number of para-hydroxylation sites is 1. The summed E-state index contributed by atoms with van der Waals surface area (Å²) in [7, 11) is 0. The second-order valence-corrected chi connectivity index (χ2v) is 6.23. The van der Waals surface area contributed by atoms with Gasteiger partial charge in [-0.15, -0.1) is 0 Å². The van der Waals surface area contributed by atoms with Gasteiger partial charge in [-0.05, 0) is 25.0 Å². The molecule has 3 rings (SSSR count). The average molecular weight is 335 g/mol. The van der Waals surface area contributed by atoms with Crippen LogP contribution in [-0.4, -0.2) is 21.9 Å². The van der Waals surface area contributed by atoms with Gasteiger partial charge >= 0.3 is 0 Å². The van der Waals surface area contributed by atoms with Crippen LogP contribution in [0.3, 0.4) is 0 Å². The minimum Gasteiger partial charge on any atom is -0.348 e. The molecule has 1 heterocycles. The number of hydrogen-bond donors (Lipinski definition) is 2. The first-order valence-corrected chi connectivity index (χ1v) is 8.65. The molecule has 2 aromatic rings. The molecule has 1 fully saturated rings. The molecule has 2 N–H and O–H groups in total. The van der Waals surface area contributed by atoms with Crippen LogP contribution < -0.4 is 10.6 Å². The number of benzene rings is 1. The summed E-state index contributed by atoms with van der Waals surface area (Å²) in [6.45, 7) is 0. The van der Waals surface area contributed by atoms with Crippen LogP contribution in [0.25, 0.3) is 0 Å². The molecule has 128 valence electrons. The summed E-state index contributed by atoms with van der Waals surface area (Å²) in [5, 5.41) is 15.2. The van der Waals surface area contributed by atoms with Gasteiger partial charge < -0.3 is 10.6 Å². The number of hydrogen-bond acceptors (Lipinski definition) is 5. The first-order chi connectivity index (χ1) is 12.3. The van der Waals surface area contributed by atoms with Gasteiger partial charge in [0.1, 0.15) is 17.6 Å². The minimum atomic E-state index is -0.177. The van der Waals surface area contributed by atoms with Gasteiger partial charge in [0.25, 0.3) is 5.91 Å². The molecule has 1 aromatic heterocycles. The fourth-order valence-corrected chi connectivity index (χ4v) is 3.02. The Labute approximate surface area is 147 Å². The van der Waals surface area contributed by atoms with Crippen molar-refractivity contribution in [1.29, 1.82) is 5.26 Å². The number of nitrogens with zero attached hydrogens (tertiary/aromatic N) is 3. The van der Waals surface area contributed by atoms with Crippen molar-refractivity contribution in [1.82, 2.24) is 15.3 Å². The molecule has 25 heavy (non-hydrogen) atoms. The van der Waals surface area contributed by atoms with Gasteiger partial charge in [-0.1, -0.05) is 37.8 Å². The third-order valence-electron chi connectivity index (χ3n) is 4.39. The zero-order valence-corrected chi connectivity index (χ0v) is 14.0. The second kappa shape index (κ2) is 8.25. The molecule has 1 amide bonds. The van der Waals surface area contributed by atoms with Crippen molar-refractivity contribution in [3.05, 3.63) is 47.9 Å². The molecular formula is C19H21N5O. The predicted molar refractivity (Wildman–Crippen MR) is 95.4 cm³/mol. The standard InChI is InChI=1S/C19H21N5O/c20-11-14-7-5-6-10-16(14)24-18-13-21-17(12-22-18)19(25)23-15-8-3-1-2-4-9-15/h5-7,10,12-13,15H,1-4,8-9H2,(H,22,24)(H,23,25).